The number of benzene rings is 2. The smallest absolute Gasteiger partial charge is 0.242 e. The molecule has 0 bridgehead atoms. The molecule has 29 heavy (non-hydrogen) atoms. The minimum Gasteiger partial charge on any atom is -0.341 e. The summed E-state index contributed by atoms with van der Waals surface area (Å²) in [6.45, 7) is 6.58. The van der Waals surface area contributed by atoms with Crippen LogP contribution in [0.3, 0.4) is 0 Å². The van der Waals surface area contributed by atoms with Crippen molar-refractivity contribution in [2.24, 2.45) is 0 Å². The van der Waals surface area contributed by atoms with E-state index in [1.165, 1.54) is 39.8 Å². The van der Waals surface area contributed by atoms with E-state index in [0.717, 1.165) is 37.2 Å². The van der Waals surface area contributed by atoms with E-state index in [1.807, 2.05) is 11.8 Å². The van der Waals surface area contributed by atoms with Crippen LogP contribution in [0.1, 0.15) is 42.4 Å². The van der Waals surface area contributed by atoms with Gasteiger partial charge in [-0.1, -0.05) is 54.8 Å². The van der Waals surface area contributed by atoms with Crippen LogP contribution in [-0.2, 0) is 17.1 Å². The number of hydrogen-bond acceptors (Lipinski definition) is 2. The average Bonchev–Trinajstić information content (AvgIpc) is 2.89. The molecule has 0 atom stereocenters. The Balaban J connectivity index is 1.54. The molecule has 1 aliphatic heterocycles. The van der Waals surface area contributed by atoms with Crippen LogP contribution < -0.4 is 0 Å². The second-order valence-electron chi connectivity index (χ2n) is 8.15. The molecule has 3 nitrogen and oxygen atoms in total. The molecule has 0 saturated carbocycles. The first-order chi connectivity index (χ1) is 14.1. The van der Waals surface area contributed by atoms with Gasteiger partial charge in [-0.3, -0.25) is 4.79 Å². The summed E-state index contributed by atoms with van der Waals surface area (Å²) < 4.78 is 2.15. The third kappa shape index (κ3) is 4.69. The fourth-order valence-electron chi connectivity index (χ4n) is 4.14. The standard InChI is InChI=1S/C25H30N2OS/c1-19-11-12-20(2)21(15-19)18-29-24-16-27(23-10-6-5-9-22(23)24)17-25(28)26-13-7-3-4-8-14-26/h5-6,9-12,15-16H,3-4,7-8,13-14,17-18H2,1-2H3. The second-order valence-corrected chi connectivity index (χ2v) is 9.17. The van der Waals surface area contributed by atoms with Crippen LogP contribution in [-0.4, -0.2) is 28.5 Å². The number of aromatic nitrogens is 1. The number of hydrogen-bond donors (Lipinski definition) is 0. The quantitative estimate of drug-likeness (QED) is 0.489. The lowest BCUT2D eigenvalue weighted by molar-refractivity contribution is -0.131. The minimum atomic E-state index is 0.249. The zero-order valence-electron chi connectivity index (χ0n) is 17.5. The van der Waals surface area contributed by atoms with Crippen LogP contribution in [0.4, 0.5) is 0 Å². The van der Waals surface area contributed by atoms with Crippen molar-refractivity contribution in [2.45, 2.75) is 56.7 Å². The van der Waals surface area contributed by atoms with Crippen LogP contribution in [0.25, 0.3) is 10.9 Å². The number of thioether (sulfide) groups is 1. The van der Waals surface area contributed by atoms with Gasteiger partial charge in [0.05, 0.1) is 0 Å². The molecule has 0 spiro atoms. The Morgan fingerprint density at radius 2 is 1.76 bits per heavy atom. The molecule has 0 radical (unpaired) electrons. The van der Waals surface area contributed by atoms with E-state index >= 15 is 0 Å². The second kappa shape index (κ2) is 9.08. The van der Waals surface area contributed by atoms with E-state index in [-0.39, 0.29) is 5.91 Å². The molecule has 1 fully saturated rings. The van der Waals surface area contributed by atoms with Gasteiger partial charge in [0.25, 0.3) is 0 Å². The van der Waals surface area contributed by atoms with Crippen LogP contribution in [0.5, 0.6) is 0 Å². The Hall–Kier alpha value is -2.20. The molecule has 4 heteroatoms. The van der Waals surface area contributed by atoms with E-state index in [9.17, 15) is 4.79 Å². The monoisotopic (exact) mass is 406 g/mol. The highest BCUT2D eigenvalue weighted by Gasteiger charge is 2.18. The largest absolute Gasteiger partial charge is 0.341 e. The third-order valence-electron chi connectivity index (χ3n) is 5.90. The number of amides is 1. The molecule has 4 rings (SSSR count). The first-order valence-electron chi connectivity index (χ1n) is 10.7. The SMILES string of the molecule is Cc1ccc(C)c(CSc2cn(CC(=O)N3CCCCCC3)c3ccccc23)c1. The van der Waals surface area contributed by atoms with Gasteiger partial charge < -0.3 is 9.47 Å². The summed E-state index contributed by atoms with van der Waals surface area (Å²) in [7, 11) is 0. The molecule has 1 saturated heterocycles. The highest BCUT2D eigenvalue weighted by molar-refractivity contribution is 7.98. The summed E-state index contributed by atoms with van der Waals surface area (Å²) >= 11 is 1.87. The van der Waals surface area contributed by atoms with Crippen LogP contribution in [0.15, 0.2) is 53.6 Å². The first kappa shape index (κ1) is 20.1. The Morgan fingerprint density at radius 1 is 1.00 bits per heavy atom. The highest BCUT2D eigenvalue weighted by atomic mass is 32.2. The summed E-state index contributed by atoms with van der Waals surface area (Å²) in [5.74, 6) is 1.19. The van der Waals surface area contributed by atoms with Gasteiger partial charge in [0.1, 0.15) is 6.54 Å². The molecule has 1 aliphatic rings. The van der Waals surface area contributed by atoms with Crippen molar-refractivity contribution in [1.29, 1.82) is 0 Å². The van der Waals surface area contributed by atoms with Crippen molar-refractivity contribution < 1.29 is 4.79 Å². The van der Waals surface area contributed by atoms with Crippen molar-refractivity contribution in [3.8, 4) is 0 Å². The van der Waals surface area contributed by atoms with Gasteiger partial charge in [0.15, 0.2) is 0 Å². The normalized spacial score (nSPS) is 14.9. The maximum atomic E-state index is 12.9. The average molecular weight is 407 g/mol. The molecule has 3 aromatic rings. The fraction of sp³-hybridized carbons (Fsp3) is 0.400. The lowest BCUT2D eigenvalue weighted by atomic mass is 10.1. The number of rotatable bonds is 5. The molecular formula is C25H30N2OS. The minimum absolute atomic E-state index is 0.249. The molecule has 1 amide bonds. The predicted octanol–water partition coefficient (Wildman–Crippen LogP) is 5.95. The topological polar surface area (TPSA) is 25.2 Å². The number of carbonyl (C=O) groups is 1. The van der Waals surface area contributed by atoms with Crippen molar-refractivity contribution in [1.82, 2.24) is 9.47 Å². The van der Waals surface area contributed by atoms with Crippen molar-refractivity contribution in [2.75, 3.05) is 13.1 Å². The zero-order chi connectivity index (χ0) is 20.2. The molecule has 0 aliphatic carbocycles. The zero-order valence-corrected chi connectivity index (χ0v) is 18.3. The van der Waals surface area contributed by atoms with Gasteiger partial charge in [0.2, 0.25) is 5.91 Å². The summed E-state index contributed by atoms with van der Waals surface area (Å²) in [6, 6.07) is 15.1. The Kier molecular flexibility index (Phi) is 6.29. The molecule has 2 aromatic carbocycles. The van der Waals surface area contributed by atoms with E-state index in [1.54, 1.807) is 0 Å². The molecular weight excluding hydrogens is 376 g/mol. The molecule has 0 unspecified atom stereocenters. The summed E-state index contributed by atoms with van der Waals surface area (Å²) in [5.41, 5.74) is 5.17. The van der Waals surface area contributed by atoms with Crippen LogP contribution >= 0.6 is 11.8 Å². The number of fused-ring (bicyclic) bond motifs is 1. The van der Waals surface area contributed by atoms with Gasteiger partial charge in [-0.05, 0) is 43.9 Å². The lowest BCUT2D eigenvalue weighted by Crippen LogP contribution is -2.34. The van der Waals surface area contributed by atoms with E-state index in [2.05, 4.69) is 72.0 Å². The number of aryl methyl sites for hydroxylation is 2. The van der Waals surface area contributed by atoms with Gasteiger partial charge >= 0.3 is 0 Å². The van der Waals surface area contributed by atoms with Crippen LogP contribution in [0.2, 0.25) is 0 Å². The first-order valence-corrected chi connectivity index (χ1v) is 11.6. The van der Waals surface area contributed by atoms with Crippen molar-refractivity contribution in [3.63, 3.8) is 0 Å². The maximum absolute atomic E-state index is 12.9. The Labute approximate surface area is 178 Å². The summed E-state index contributed by atoms with van der Waals surface area (Å²) in [5, 5.41) is 1.24. The molecule has 1 aromatic heterocycles. The van der Waals surface area contributed by atoms with Gasteiger partial charge in [-0.2, -0.15) is 0 Å². The predicted molar refractivity (Wildman–Crippen MR) is 122 cm³/mol. The highest BCUT2D eigenvalue weighted by Crippen LogP contribution is 2.33. The van der Waals surface area contributed by atoms with Gasteiger partial charge in [0, 0.05) is 40.8 Å². The molecule has 0 N–H and O–H groups in total. The number of nitrogens with zero attached hydrogens (tertiary/aromatic N) is 2. The Bertz CT molecular complexity index is 999. The number of carbonyl (C=O) groups excluding carboxylic acids is 1. The number of likely N-dealkylation sites (tertiary alicyclic amines) is 1. The van der Waals surface area contributed by atoms with E-state index < -0.39 is 0 Å². The fourth-order valence-corrected chi connectivity index (χ4v) is 5.29. The Morgan fingerprint density at radius 3 is 2.55 bits per heavy atom. The van der Waals surface area contributed by atoms with Crippen molar-refractivity contribution >= 4 is 28.6 Å². The third-order valence-corrected chi connectivity index (χ3v) is 7.00. The summed E-state index contributed by atoms with van der Waals surface area (Å²) in [6.07, 6.45) is 6.94. The van der Waals surface area contributed by atoms with Crippen molar-refractivity contribution in [3.05, 3.63) is 65.4 Å². The lowest BCUT2D eigenvalue weighted by Gasteiger charge is -2.20. The van der Waals surface area contributed by atoms with Crippen LogP contribution in [0, 0.1) is 13.8 Å². The molecule has 2 heterocycles. The van der Waals surface area contributed by atoms with E-state index in [4.69, 9.17) is 0 Å². The van der Waals surface area contributed by atoms with E-state index in [0.29, 0.717) is 6.54 Å². The molecule has 152 valence electrons. The van der Waals surface area contributed by atoms with Gasteiger partial charge in [-0.15, -0.1) is 11.8 Å². The number of para-hydroxylation sites is 1. The maximum Gasteiger partial charge on any atom is 0.242 e. The van der Waals surface area contributed by atoms with Gasteiger partial charge in [-0.25, -0.2) is 0 Å². The summed E-state index contributed by atoms with van der Waals surface area (Å²) in [4.78, 5) is 16.2.